The monoisotopic (exact) mass is 324 g/mol. The van der Waals surface area contributed by atoms with Crippen molar-refractivity contribution in [2.24, 2.45) is 0 Å². The minimum atomic E-state index is 0.496. The second-order valence-electron chi connectivity index (χ2n) is 5.29. The highest BCUT2D eigenvalue weighted by Crippen LogP contribution is 2.26. The van der Waals surface area contributed by atoms with Crippen LogP contribution in [0.5, 0.6) is 5.75 Å². The smallest absolute Gasteiger partial charge is 0.137 e. The molecule has 116 valence electrons. The summed E-state index contributed by atoms with van der Waals surface area (Å²) in [6, 6.07) is 15.8. The fraction of sp³-hybridized carbons (Fsp3) is 0.211. The third-order valence-electron chi connectivity index (χ3n) is 3.91. The molecule has 3 nitrogen and oxygen atoms in total. The van der Waals surface area contributed by atoms with Gasteiger partial charge in [0.15, 0.2) is 0 Å². The van der Waals surface area contributed by atoms with Crippen LogP contribution in [0.25, 0.3) is 10.9 Å². The van der Waals surface area contributed by atoms with Crippen LogP contribution in [0.2, 0.25) is 5.02 Å². The fourth-order valence-corrected chi connectivity index (χ4v) is 2.99. The number of nitriles is 1. The van der Waals surface area contributed by atoms with Gasteiger partial charge in [-0.3, -0.25) is 0 Å². The first-order valence-electron chi connectivity index (χ1n) is 7.62. The van der Waals surface area contributed by atoms with Crippen LogP contribution in [0.15, 0.2) is 48.7 Å². The predicted octanol–water partition coefficient (Wildman–Crippen LogP) is 4.81. The number of ether oxygens (including phenoxy) is 1. The SMILES string of the molecule is CCc1cccc2c(C#N)cn(CCOc3ccccc3Cl)c12. The van der Waals surface area contributed by atoms with Gasteiger partial charge in [0.25, 0.3) is 0 Å². The van der Waals surface area contributed by atoms with Gasteiger partial charge in [-0.15, -0.1) is 0 Å². The number of nitrogens with zero attached hydrogens (tertiary/aromatic N) is 2. The maximum atomic E-state index is 9.34. The van der Waals surface area contributed by atoms with Gasteiger partial charge in [0.2, 0.25) is 0 Å². The quantitative estimate of drug-likeness (QED) is 0.675. The minimum Gasteiger partial charge on any atom is -0.490 e. The van der Waals surface area contributed by atoms with Crippen molar-refractivity contribution in [3.63, 3.8) is 0 Å². The summed E-state index contributed by atoms with van der Waals surface area (Å²) in [6.07, 6.45) is 2.83. The normalized spacial score (nSPS) is 10.7. The van der Waals surface area contributed by atoms with E-state index in [0.29, 0.717) is 29.5 Å². The van der Waals surface area contributed by atoms with E-state index in [-0.39, 0.29) is 0 Å². The lowest BCUT2D eigenvalue weighted by Crippen LogP contribution is -2.08. The highest BCUT2D eigenvalue weighted by Gasteiger charge is 2.11. The molecule has 0 radical (unpaired) electrons. The number of halogens is 1. The van der Waals surface area contributed by atoms with Gasteiger partial charge in [-0.25, -0.2) is 0 Å². The van der Waals surface area contributed by atoms with Gasteiger partial charge in [0.05, 0.1) is 22.6 Å². The Labute approximate surface area is 140 Å². The number of rotatable bonds is 5. The number of hydrogen-bond acceptors (Lipinski definition) is 2. The molecule has 0 aliphatic heterocycles. The Bertz CT molecular complexity index is 877. The summed E-state index contributed by atoms with van der Waals surface area (Å²) in [4.78, 5) is 0. The van der Waals surface area contributed by atoms with Gasteiger partial charge < -0.3 is 9.30 Å². The topological polar surface area (TPSA) is 38.0 Å². The Morgan fingerprint density at radius 1 is 1.17 bits per heavy atom. The van der Waals surface area contributed by atoms with Gasteiger partial charge in [-0.2, -0.15) is 5.26 Å². The van der Waals surface area contributed by atoms with Crippen LogP contribution >= 0.6 is 11.6 Å². The molecule has 23 heavy (non-hydrogen) atoms. The van der Waals surface area contributed by atoms with Crippen molar-refractivity contribution in [2.45, 2.75) is 19.9 Å². The van der Waals surface area contributed by atoms with Crippen LogP contribution in [-0.2, 0) is 13.0 Å². The second-order valence-corrected chi connectivity index (χ2v) is 5.70. The Kier molecular flexibility index (Phi) is 4.55. The van der Waals surface area contributed by atoms with Crippen molar-refractivity contribution in [1.29, 1.82) is 5.26 Å². The third-order valence-corrected chi connectivity index (χ3v) is 4.22. The van der Waals surface area contributed by atoms with E-state index in [1.165, 1.54) is 5.56 Å². The van der Waals surface area contributed by atoms with Crippen molar-refractivity contribution in [1.82, 2.24) is 4.57 Å². The maximum Gasteiger partial charge on any atom is 0.137 e. The number of aromatic nitrogens is 1. The van der Waals surface area contributed by atoms with E-state index in [0.717, 1.165) is 17.3 Å². The van der Waals surface area contributed by atoms with E-state index in [4.69, 9.17) is 16.3 Å². The number of aryl methyl sites for hydroxylation is 1. The Balaban J connectivity index is 1.86. The summed E-state index contributed by atoms with van der Waals surface area (Å²) in [6.45, 7) is 3.29. The summed E-state index contributed by atoms with van der Waals surface area (Å²) in [7, 11) is 0. The molecule has 0 atom stereocenters. The lowest BCUT2D eigenvalue weighted by atomic mass is 10.1. The molecule has 1 heterocycles. The van der Waals surface area contributed by atoms with Crippen LogP contribution in [0.4, 0.5) is 0 Å². The molecule has 0 aliphatic rings. The summed E-state index contributed by atoms with van der Waals surface area (Å²) < 4.78 is 7.87. The largest absolute Gasteiger partial charge is 0.490 e. The van der Waals surface area contributed by atoms with Gasteiger partial charge in [0.1, 0.15) is 18.4 Å². The highest BCUT2D eigenvalue weighted by molar-refractivity contribution is 6.32. The van der Waals surface area contributed by atoms with E-state index >= 15 is 0 Å². The molecule has 0 saturated carbocycles. The molecule has 0 amide bonds. The van der Waals surface area contributed by atoms with Gasteiger partial charge in [-0.05, 0) is 24.1 Å². The Morgan fingerprint density at radius 2 is 2.00 bits per heavy atom. The zero-order valence-corrected chi connectivity index (χ0v) is 13.7. The summed E-state index contributed by atoms with van der Waals surface area (Å²) in [5.74, 6) is 0.682. The lowest BCUT2D eigenvalue weighted by molar-refractivity contribution is 0.300. The minimum absolute atomic E-state index is 0.496. The number of benzene rings is 2. The molecule has 0 spiro atoms. The van der Waals surface area contributed by atoms with E-state index in [2.05, 4.69) is 23.6 Å². The van der Waals surface area contributed by atoms with Gasteiger partial charge >= 0.3 is 0 Å². The van der Waals surface area contributed by atoms with Crippen molar-refractivity contribution < 1.29 is 4.74 Å². The standard InChI is InChI=1S/C19H17ClN2O/c1-2-14-6-5-7-16-15(12-21)13-22(19(14)16)10-11-23-18-9-4-3-8-17(18)20/h3-9,13H,2,10-11H2,1H3. The van der Waals surface area contributed by atoms with E-state index < -0.39 is 0 Å². The van der Waals surface area contributed by atoms with Crippen molar-refractivity contribution >= 4 is 22.5 Å². The van der Waals surface area contributed by atoms with Crippen LogP contribution < -0.4 is 4.74 Å². The molecular formula is C19H17ClN2O. The first-order chi connectivity index (χ1) is 11.2. The maximum absolute atomic E-state index is 9.34. The van der Waals surface area contributed by atoms with Crippen molar-refractivity contribution in [3.05, 3.63) is 64.8 Å². The van der Waals surface area contributed by atoms with E-state index in [9.17, 15) is 5.26 Å². The average molecular weight is 325 g/mol. The lowest BCUT2D eigenvalue weighted by Gasteiger charge is -2.11. The van der Waals surface area contributed by atoms with Gasteiger partial charge in [0, 0.05) is 11.6 Å². The second kappa shape index (κ2) is 6.76. The number of fused-ring (bicyclic) bond motifs is 1. The van der Waals surface area contributed by atoms with Crippen LogP contribution in [0, 0.1) is 11.3 Å². The number of hydrogen-bond donors (Lipinski definition) is 0. The zero-order chi connectivity index (χ0) is 16.2. The molecule has 0 saturated heterocycles. The average Bonchev–Trinajstić information content (AvgIpc) is 2.95. The third kappa shape index (κ3) is 3.04. The van der Waals surface area contributed by atoms with E-state index in [1.807, 2.05) is 42.6 Å². The molecule has 0 fully saturated rings. The molecular weight excluding hydrogens is 308 g/mol. The number of para-hydroxylation sites is 2. The summed E-state index contributed by atoms with van der Waals surface area (Å²) >= 11 is 6.10. The predicted molar refractivity (Wildman–Crippen MR) is 93.0 cm³/mol. The highest BCUT2D eigenvalue weighted by atomic mass is 35.5. The first kappa shape index (κ1) is 15.5. The van der Waals surface area contributed by atoms with Crippen molar-refractivity contribution in [3.8, 4) is 11.8 Å². The molecule has 2 aromatic carbocycles. The summed E-state index contributed by atoms with van der Waals surface area (Å²) in [5, 5.41) is 11.0. The van der Waals surface area contributed by atoms with Crippen LogP contribution in [-0.4, -0.2) is 11.2 Å². The first-order valence-corrected chi connectivity index (χ1v) is 8.00. The molecule has 4 heteroatoms. The zero-order valence-electron chi connectivity index (χ0n) is 12.9. The van der Waals surface area contributed by atoms with Gasteiger partial charge in [-0.1, -0.05) is 48.9 Å². The molecule has 0 unspecified atom stereocenters. The molecule has 0 bridgehead atoms. The van der Waals surface area contributed by atoms with E-state index in [1.54, 1.807) is 0 Å². The molecule has 0 aliphatic carbocycles. The van der Waals surface area contributed by atoms with Crippen molar-refractivity contribution in [2.75, 3.05) is 6.61 Å². The summed E-state index contributed by atoms with van der Waals surface area (Å²) in [5.41, 5.74) is 3.06. The molecule has 3 rings (SSSR count). The van der Waals surface area contributed by atoms with Crippen LogP contribution in [0.1, 0.15) is 18.1 Å². The fourth-order valence-electron chi connectivity index (χ4n) is 2.80. The molecule has 3 aromatic rings. The Hall–Kier alpha value is -2.44. The Morgan fingerprint density at radius 3 is 2.74 bits per heavy atom. The molecule has 1 aromatic heterocycles. The van der Waals surface area contributed by atoms with Crippen LogP contribution in [0.3, 0.4) is 0 Å². The molecule has 0 N–H and O–H groups in total.